The van der Waals surface area contributed by atoms with Crippen LogP contribution in [-0.4, -0.2) is 40.1 Å². The predicted octanol–water partition coefficient (Wildman–Crippen LogP) is 0.526. The molecule has 1 amide bonds. The van der Waals surface area contributed by atoms with Gasteiger partial charge in [-0.15, -0.1) is 0 Å². The summed E-state index contributed by atoms with van der Waals surface area (Å²) in [7, 11) is -1.34. The molecule has 0 radical (unpaired) electrons. The molecule has 8 nitrogen and oxygen atoms in total. The number of amides is 1. The fourth-order valence-electron chi connectivity index (χ4n) is 2.41. The summed E-state index contributed by atoms with van der Waals surface area (Å²) in [4.78, 5) is 26.9. The third-order valence-electron chi connectivity index (χ3n) is 3.53. The van der Waals surface area contributed by atoms with Crippen molar-refractivity contribution in [2.75, 3.05) is 0 Å². The standard InChI is InChI=1S/C15H13BN2O6/c19-13(5-4-10-7-23-8-17-10)18-12-6-9-2-1-3-11(15(20)21)14(9)24-16(12)22/h1-5,7-8,12,22H,6H2,(H,18,19)(H,20,21). The average Bonchev–Trinajstić information content (AvgIpc) is 3.06. The second kappa shape index (κ2) is 6.59. The normalized spacial score (nSPS) is 16.5. The Hall–Kier alpha value is -3.07. The number of para-hydroxylation sites is 1. The highest BCUT2D eigenvalue weighted by molar-refractivity contribution is 6.47. The van der Waals surface area contributed by atoms with Gasteiger partial charge in [0.15, 0.2) is 6.39 Å². The molecule has 1 aromatic heterocycles. The maximum absolute atomic E-state index is 11.9. The number of benzene rings is 1. The van der Waals surface area contributed by atoms with Gasteiger partial charge in [0, 0.05) is 6.08 Å². The van der Waals surface area contributed by atoms with Crippen molar-refractivity contribution in [2.45, 2.75) is 12.4 Å². The molecule has 0 saturated carbocycles. The molecule has 24 heavy (non-hydrogen) atoms. The highest BCUT2D eigenvalue weighted by Crippen LogP contribution is 2.30. The van der Waals surface area contributed by atoms with Gasteiger partial charge in [0.1, 0.15) is 17.7 Å². The lowest BCUT2D eigenvalue weighted by molar-refractivity contribution is -0.116. The van der Waals surface area contributed by atoms with E-state index in [0.717, 1.165) is 0 Å². The number of aromatic nitrogens is 1. The molecule has 0 bridgehead atoms. The van der Waals surface area contributed by atoms with E-state index < -0.39 is 24.9 Å². The summed E-state index contributed by atoms with van der Waals surface area (Å²) >= 11 is 0. The molecule has 0 fully saturated rings. The number of carbonyl (C=O) groups is 2. The van der Waals surface area contributed by atoms with Crippen molar-refractivity contribution in [3.63, 3.8) is 0 Å². The Labute approximate surface area is 136 Å². The van der Waals surface area contributed by atoms with E-state index in [1.165, 1.54) is 30.9 Å². The van der Waals surface area contributed by atoms with Crippen LogP contribution in [0, 0.1) is 0 Å². The Kier molecular flexibility index (Phi) is 4.34. The fraction of sp³-hybridized carbons (Fsp3) is 0.133. The largest absolute Gasteiger partial charge is 0.547 e. The molecule has 1 unspecified atom stereocenters. The van der Waals surface area contributed by atoms with Gasteiger partial charge in [-0.2, -0.15) is 0 Å². The number of carboxylic acid groups (broad SMARTS) is 1. The van der Waals surface area contributed by atoms with Crippen molar-refractivity contribution < 1.29 is 28.8 Å². The summed E-state index contributed by atoms with van der Waals surface area (Å²) < 4.78 is 10.1. The lowest BCUT2D eigenvalue weighted by Crippen LogP contribution is -2.52. The number of oxazole rings is 1. The third kappa shape index (κ3) is 3.30. The van der Waals surface area contributed by atoms with E-state index >= 15 is 0 Å². The first kappa shape index (κ1) is 15.8. The second-order valence-electron chi connectivity index (χ2n) is 5.17. The first-order valence-electron chi connectivity index (χ1n) is 7.11. The molecule has 1 aromatic carbocycles. The van der Waals surface area contributed by atoms with Gasteiger partial charge in [-0.05, 0) is 24.1 Å². The first-order chi connectivity index (χ1) is 11.5. The van der Waals surface area contributed by atoms with Gasteiger partial charge in [0.2, 0.25) is 5.91 Å². The Morgan fingerprint density at radius 3 is 2.96 bits per heavy atom. The molecule has 2 aromatic rings. The van der Waals surface area contributed by atoms with Crippen molar-refractivity contribution in [3.05, 3.63) is 53.8 Å². The quantitative estimate of drug-likeness (QED) is 0.552. The van der Waals surface area contributed by atoms with Crippen LogP contribution >= 0.6 is 0 Å². The van der Waals surface area contributed by atoms with E-state index in [1.807, 2.05) is 0 Å². The van der Waals surface area contributed by atoms with E-state index in [4.69, 9.17) is 14.2 Å². The molecular weight excluding hydrogens is 315 g/mol. The average molecular weight is 328 g/mol. The van der Waals surface area contributed by atoms with E-state index in [-0.39, 0.29) is 17.7 Å². The predicted molar refractivity (Wildman–Crippen MR) is 83.2 cm³/mol. The van der Waals surface area contributed by atoms with Gasteiger partial charge in [0.05, 0.1) is 11.5 Å². The minimum absolute atomic E-state index is 0.0257. The van der Waals surface area contributed by atoms with Crippen LogP contribution in [0.3, 0.4) is 0 Å². The van der Waals surface area contributed by atoms with Gasteiger partial charge < -0.3 is 24.5 Å². The summed E-state index contributed by atoms with van der Waals surface area (Å²) in [6.07, 6.45) is 5.60. The molecule has 0 aliphatic carbocycles. The molecule has 2 heterocycles. The molecule has 0 spiro atoms. The Bertz CT molecular complexity index is 789. The number of nitrogens with zero attached hydrogens (tertiary/aromatic N) is 1. The smallest absolute Gasteiger partial charge is 0.534 e. The van der Waals surface area contributed by atoms with Gasteiger partial charge in [-0.3, -0.25) is 4.79 Å². The number of nitrogens with one attached hydrogen (secondary N) is 1. The molecule has 1 aliphatic rings. The molecule has 0 saturated heterocycles. The number of hydrogen-bond acceptors (Lipinski definition) is 6. The third-order valence-corrected chi connectivity index (χ3v) is 3.53. The summed E-state index contributed by atoms with van der Waals surface area (Å²) in [6.45, 7) is 0. The molecular formula is C15H13BN2O6. The highest BCUT2D eigenvalue weighted by atomic mass is 16.5. The number of hydrogen-bond donors (Lipinski definition) is 3. The van der Waals surface area contributed by atoms with Crippen molar-refractivity contribution in [3.8, 4) is 5.75 Å². The fourth-order valence-corrected chi connectivity index (χ4v) is 2.41. The number of aromatic carboxylic acids is 1. The zero-order valence-electron chi connectivity index (χ0n) is 12.4. The maximum Gasteiger partial charge on any atom is 0.547 e. The minimum atomic E-state index is -1.34. The minimum Gasteiger partial charge on any atom is -0.534 e. The number of carbonyl (C=O) groups excluding carboxylic acids is 1. The molecule has 3 N–H and O–H groups in total. The molecule has 9 heteroatoms. The van der Waals surface area contributed by atoms with Gasteiger partial charge in [-0.1, -0.05) is 12.1 Å². The van der Waals surface area contributed by atoms with Crippen molar-refractivity contribution in [1.82, 2.24) is 10.3 Å². The summed E-state index contributed by atoms with van der Waals surface area (Å²) in [5.41, 5.74) is 1.07. The monoisotopic (exact) mass is 328 g/mol. The summed E-state index contributed by atoms with van der Waals surface area (Å²) in [5.74, 6) is -2.15. The molecule has 1 aliphatic heterocycles. The topological polar surface area (TPSA) is 122 Å². The Morgan fingerprint density at radius 1 is 1.42 bits per heavy atom. The molecule has 1 atom stereocenters. The number of carboxylic acids is 1. The molecule has 122 valence electrons. The zero-order valence-corrected chi connectivity index (χ0v) is 12.4. The van der Waals surface area contributed by atoms with Crippen molar-refractivity contribution >= 4 is 25.1 Å². The van der Waals surface area contributed by atoms with Crippen LogP contribution < -0.4 is 9.97 Å². The highest BCUT2D eigenvalue weighted by Gasteiger charge is 2.37. The van der Waals surface area contributed by atoms with Crippen LogP contribution in [0.5, 0.6) is 5.75 Å². The van der Waals surface area contributed by atoms with Crippen LogP contribution in [0.15, 0.2) is 41.3 Å². The second-order valence-corrected chi connectivity index (χ2v) is 5.17. The van der Waals surface area contributed by atoms with Crippen LogP contribution in [-0.2, 0) is 11.2 Å². The maximum atomic E-state index is 11.9. The SMILES string of the molecule is O=C(C=Cc1cocn1)NC1Cc2cccc(C(=O)O)c2OB1O. The first-order valence-corrected chi connectivity index (χ1v) is 7.11. The van der Waals surface area contributed by atoms with Gasteiger partial charge in [-0.25, -0.2) is 9.78 Å². The van der Waals surface area contributed by atoms with Crippen LogP contribution in [0.2, 0.25) is 0 Å². The Morgan fingerprint density at radius 2 is 2.25 bits per heavy atom. The van der Waals surface area contributed by atoms with Gasteiger partial charge >= 0.3 is 13.1 Å². The lowest BCUT2D eigenvalue weighted by atomic mass is 9.72. The van der Waals surface area contributed by atoms with Crippen LogP contribution in [0.1, 0.15) is 21.6 Å². The number of fused-ring (bicyclic) bond motifs is 1. The van der Waals surface area contributed by atoms with Crippen molar-refractivity contribution in [1.29, 1.82) is 0 Å². The van der Waals surface area contributed by atoms with E-state index in [9.17, 15) is 14.6 Å². The number of rotatable bonds is 4. The summed E-state index contributed by atoms with van der Waals surface area (Å²) in [6, 6.07) is 4.68. The lowest BCUT2D eigenvalue weighted by Gasteiger charge is -2.28. The van der Waals surface area contributed by atoms with E-state index in [1.54, 1.807) is 12.1 Å². The van der Waals surface area contributed by atoms with E-state index in [2.05, 4.69) is 10.3 Å². The van der Waals surface area contributed by atoms with Crippen molar-refractivity contribution in [2.24, 2.45) is 0 Å². The van der Waals surface area contributed by atoms with Crippen LogP contribution in [0.4, 0.5) is 0 Å². The Balaban J connectivity index is 1.71. The van der Waals surface area contributed by atoms with Crippen LogP contribution in [0.25, 0.3) is 6.08 Å². The molecule has 3 rings (SSSR count). The van der Waals surface area contributed by atoms with E-state index in [0.29, 0.717) is 11.3 Å². The zero-order chi connectivity index (χ0) is 17.1. The van der Waals surface area contributed by atoms with Gasteiger partial charge in [0.25, 0.3) is 0 Å². The summed E-state index contributed by atoms with van der Waals surface area (Å²) in [5, 5.41) is 21.8.